The van der Waals surface area contributed by atoms with Crippen molar-refractivity contribution >= 4 is 6.22 Å². The molecule has 0 aromatic rings. The molecule has 0 N–H and O–H groups in total. The van der Waals surface area contributed by atoms with Crippen molar-refractivity contribution in [2.75, 3.05) is 0 Å². The van der Waals surface area contributed by atoms with Gasteiger partial charge in [0.15, 0.2) is 0 Å². The van der Waals surface area contributed by atoms with Gasteiger partial charge in [-0.25, -0.2) is 4.79 Å². The molecule has 0 atom stereocenters. The number of rotatable bonds is 1. The fourth-order valence-electron chi connectivity index (χ4n) is 1.33. The Hall–Kier alpha value is -0.670. The van der Waals surface area contributed by atoms with E-state index in [0.717, 1.165) is 6.42 Å². The summed E-state index contributed by atoms with van der Waals surface area (Å²) in [6.07, 6.45) is 0.475. The lowest BCUT2D eigenvalue weighted by molar-refractivity contribution is -0.125. The van der Waals surface area contributed by atoms with Gasteiger partial charge in [0.25, 0.3) is 5.85 Å². The molecule has 64 valence electrons. The smallest absolute Gasteiger partial charge is 0.403 e. The van der Waals surface area contributed by atoms with Crippen LogP contribution in [0, 0.1) is 0 Å². The number of hydrogen-bond acceptors (Lipinski definition) is 2. The lowest BCUT2D eigenvalue weighted by Crippen LogP contribution is -2.30. The van der Waals surface area contributed by atoms with Gasteiger partial charge in [0.1, 0.15) is 0 Å². The Morgan fingerprint density at radius 3 is 2.27 bits per heavy atom. The van der Waals surface area contributed by atoms with Gasteiger partial charge in [-0.05, 0) is 12.8 Å². The van der Waals surface area contributed by atoms with Crippen molar-refractivity contribution in [2.45, 2.75) is 38.0 Å². The lowest BCUT2D eigenvalue weighted by Gasteiger charge is -2.27. The van der Waals surface area contributed by atoms with Crippen LogP contribution >= 0.6 is 0 Å². The van der Waals surface area contributed by atoms with Gasteiger partial charge in [-0.2, -0.15) is 4.39 Å². The minimum atomic E-state index is -2.02. The van der Waals surface area contributed by atoms with Crippen molar-refractivity contribution in [3.8, 4) is 0 Å². The molecule has 0 spiro atoms. The number of halogens is 2. The highest BCUT2D eigenvalue weighted by atomic mass is 19.2. The topological polar surface area (TPSA) is 26.3 Å². The Morgan fingerprint density at radius 1 is 1.27 bits per heavy atom. The number of hydrogen-bond donors (Lipinski definition) is 0. The van der Waals surface area contributed by atoms with E-state index in [1.54, 1.807) is 0 Å². The number of ether oxygens (including phenoxy) is 1. The third-order valence-electron chi connectivity index (χ3n) is 1.86. The fraction of sp³-hybridized carbons (Fsp3) is 0.857. The summed E-state index contributed by atoms with van der Waals surface area (Å²) >= 11 is 0. The Labute approximate surface area is 63.5 Å². The Bertz CT molecular complexity index is 153. The summed E-state index contributed by atoms with van der Waals surface area (Å²) in [6.45, 7) is 0. The Morgan fingerprint density at radius 2 is 1.82 bits per heavy atom. The van der Waals surface area contributed by atoms with E-state index in [1.807, 2.05) is 0 Å². The molecule has 1 aliphatic rings. The molecule has 2 nitrogen and oxygen atoms in total. The van der Waals surface area contributed by atoms with E-state index in [0.29, 0.717) is 12.8 Å². The van der Waals surface area contributed by atoms with Crippen LogP contribution in [0.25, 0.3) is 0 Å². The highest BCUT2D eigenvalue weighted by molar-refractivity contribution is 5.58. The quantitative estimate of drug-likeness (QED) is 0.557. The SMILES string of the molecule is O=C(F)OC1(F)CCCCC1. The molecule has 0 aromatic heterocycles. The number of carbonyl (C=O) groups is 1. The zero-order valence-corrected chi connectivity index (χ0v) is 6.11. The van der Waals surface area contributed by atoms with Gasteiger partial charge < -0.3 is 4.74 Å². The molecule has 0 aromatic carbocycles. The first-order valence-electron chi connectivity index (χ1n) is 3.70. The van der Waals surface area contributed by atoms with Crippen molar-refractivity contribution in [2.24, 2.45) is 0 Å². The molecule has 0 aliphatic heterocycles. The van der Waals surface area contributed by atoms with Gasteiger partial charge >= 0.3 is 6.22 Å². The first-order chi connectivity index (χ1) is 5.12. The molecular weight excluding hydrogens is 154 g/mol. The number of alkyl halides is 1. The second kappa shape index (κ2) is 3.15. The Kier molecular flexibility index (Phi) is 2.42. The minimum Gasteiger partial charge on any atom is -0.403 e. The maximum Gasteiger partial charge on any atom is 0.498 e. The second-order valence-electron chi connectivity index (χ2n) is 2.78. The van der Waals surface area contributed by atoms with Crippen LogP contribution in [0.2, 0.25) is 0 Å². The average Bonchev–Trinajstić information content (AvgIpc) is 1.85. The molecule has 0 radical (unpaired) electrons. The van der Waals surface area contributed by atoms with Crippen LogP contribution in [-0.2, 0) is 4.74 Å². The van der Waals surface area contributed by atoms with Gasteiger partial charge in [0.05, 0.1) is 0 Å². The van der Waals surface area contributed by atoms with Crippen LogP contribution in [0.15, 0.2) is 0 Å². The maximum atomic E-state index is 13.1. The third kappa shape index (κ3) is 2.44. The average molecular weight is 164 g/mol. The monoisotopic (exact) mass is 164 g/mol. The van der Waals surface area contributed by atoms with Crippen molar-refractivity contribution in [1.82, 2.24) is 0 Å². The molecule has 0 amide bonds. The second-order valence-corrected chi connectivity index (χ2v) is 2.78. The van der Waals surface area contributed by atoms with Gasteiger partial charge in [0.2, 0.25) is 0 Å². The van der Waals surface area contributed by atoms with E-state index >= 15 is 0 Å². The van der Waals surface area contributed by atoms with E-state index in [9.17, 15) is 13.6 Å². The van der Waals surface area contributed by atoms with Gasteiger partial charge in [0, 0.05) is 12.8 Å². The van der Waals surface area contributed by atoms with Crippen LogP contribution < -0.4 is 0 Å². The van der Waals surface area contributed by atoms with Crippen molar-refractivity contribution in [3.05, 3.63) is 0 Å². The molecule has 0 saturated heterocycles. The molecule has 0 heterocycles. The Balaban J connectivity index is 2.43. The molecule has 11 heavy (non-hydrogen) atoms. The summed E-state index contributed by atoms with van der Waals surface area (Å²) in [5.74, 6) is -2.02. The van der Waals surface area contributed by atoms with E-state index in [-0.39, 0.29) is 12.8 Å². The van der Waals surface area contributed by atoms with Crippen molar-refractivity contribution in [1.29, 1.82) is 0 Å². The normalized spacial score (nSPS) is 22.7. The van der Waals surface area contributed by atoms with Crippen LogP contribution in [0.1, 0.15) is 32.1 Å². The highest BCUT2D eigenvalue weighted by Gasteiger charge is 2.35. The predicted molar refractivity (Wildman–Crippen MR) is 34.5 cm³/mol. The first-order valence-corrected chi connectivity index (χ1v) is 3.70. The fourth-order valence-corrected chi connectivity index (χ4v) is 1.33. The maximum absolute atomic E-state index is 13.1. The molecule has 1 rings (SSSR count). The number of carbonyl (C=O) groups excluding carboxylic acids is 1. The van der Waals surface area contributed by atoms with Crippen molar-refractivity contribution in [3.63, 3.8) is 0 Å². The third-order valence-corrected chi connectivity index (χ3v) is 1.86. The lowest BCUT2D eigenvalue weighted by atomic mass is 9.96. The van der Waals surface area contributed by atoms with E-state index < -0.39 is 12.1 Å². The van der Waals surface area contributed by atoms with E-state index in [1.165, 1.54) is 0 Å². The predicted octanol–water partition coefficient (Wildman–Crippen LogP) is 2.72. The largest absolute Gasteiger partial charge is 0.498 e. The molecule has 4 heteroatoms. The summed E-state index contributed by atoms with van der Waals surface area (Å²) in [4.78, 5) is 9.79. The summed E-state index contributed by atoms with van der Waals surface area (Å²) in [7, 11) is 0. The minimum absolute atomic E-state index is 0.128. The van der Waals surface area contributed by atoms with Gasteiger partial charge in [-0.1, -0.05) is 6.42 Å². The molecule has 1 saturated carbocycles. The molecule has 1 fully saturated rings. The van der Waals surface area contributed by atoms with Crippen LogP contribution in [0.5, 0.6) is 0 Å². The van der Waals surface area contributed by atoms with E-state index in [4.69, 9.17) is 0 Å². The zero-order valence-electron chi connectivity index (χ0n) is 6.11. The van der Waals surface area contributed by atoms with E-state index in [2.05, 4.69) is 4.74 Å². The molecular formula is C7H10F2O2. The molecule has 0 bridgehead atoms. The summed E-state index contributed by atoms with van der Waals surface area (Å²) in [5, 5.41) is 0. The standard InChI is InChI=1S/C7H10F2O2/c8-6(10)11-7(9)4-2-1-3-5-7/h1-5H2. The molecule has 0 unspecified atom stereocenters. The van der Waals surface area contributed by atoms with Gasteiger partial charge in [-0.15, -0.1) is 4.39 Å². The summed E-state index contributed by atoms with van der Waals surface area (Å²) in [5.41, 5.74) is 0. The highest BCUT2D eigenvalue weighted by Crippen LogP contribution is 2.32. The zero-order chi connectivity index (χ0) is 8.32. The van der Waals surface area contributed by atoms with Crippen LogP contribution in [-0.4, -0.2) is 12.1 Å². The van der Waals surface area contributed by atoms with Gasteiger partial charge in [-0.3, -0.25) is 0 Å². The van der Waals surface area contributed by atoms with Crippen LogP contribution in [0.4, 0.5) is 13.6 Å². The van der Waals surface area contributed by atoms with Crippen LogP contribution in [0.3, 0.4) is 0 Å². The first kappa shape index (κ1) is 8.43. The van der Waals surface area contributed by atoms with Crippen molar-refractivity contribution < 1.29 is 18.3 Å². The summed E-state index contributed by atoms with van der Waals surface area (Å²) in [6, 6.07) is 0. The summed E-state index contributed by atoms with van der Waals surface area (Å²) < 4.78 is 28.7. The molecule has 1 aliphatic carbocycles.